The van der Waals surface area contributed by atoms with E-state index < -0.39 is 28.8 Å². The minimum Gasteiger partial charge on any atom is -0.508 e. The van der Waals surface area contributed by atoms with Crippen molar-refractivity contribution in [1.82, 2.24) is 0 Å². The van der Waals surface area contributed by atoms with E-state index in [4.69, 9.17) is 16.3 Å². The van der Waals surface area contributed by atoms with Gasteiger partial charge in [-0.05, 0) is 35.6 Å². The molecule has 1 aliphatic heterocycles. The smallest absolute Gasteiger partial charge is 0.169 e. The average Bonchev–Trinajstić information content (AvgIpc) is 2.69. The molecule has 0 aromatic heterocycles. The molecule has 0 unspecified atom stereocenters. The van der Waals surface area contributed by atoms with Crippen LogP contribution in [0.25, 0.3) is 0 Å². The van der Waals surface area contributed by atoms with Gasteiger partial charge >= 0.3 is 0 Å². The second kappa shape index (κ2) is 8.78. The molecule has 3 rings (SSSR count). The van der Waals surface area contributed by atoms with E-state index in [0.29, 0.717) is 28.3 Å². The van der Waals surface area contributed by atoms with E-state index in [2.05, 4.69) is 11.5 Å². The Hall–Kier alpha value is -1.66. The van der Waals surface area contributed by atoms with Crippen molar-refractivity contribution in [3.8, 4) is 5.75 Å². The summed E-state index contributed by atoms with van der Waals surface area (Å²) in [4.78, 5) is 0. The van der Waals surface area contributed by atoms with Gasteiger partial charge in [-0.3, -0.25) is 0 Å². The summed E-state index contributed by atoms with van der Waals surface area (Å²) in [6.07, 6.45) is -0.0284. The van der Waals surface area contributed by atoms with Crippen LogP contribution in [0.2, 0.25) is 5.02 Å². The SMILES string of the molecule is COC1=C=C=C(Cc2cc([C@@H]3S[C@H](CO)[C@@H](O)[C@H](O)[C@H]3O)c(O)cc2Cl)C=C1. The van der Waals surface area contributed by atoms with Gasteiger partial charge in [-0.25, -0.2) is 0 Å². The molecule has 6 nitrogen and oxygen atoms in total. The summed E-state index contributed by atoms with van der Waals surface area (Å²) in [6.45, 7) is -0.371. The van der Waals surface area contributed by atoms with Crippen LogP contribution in [0.4, 0.5) is 0 Å². The maximum absolute atomic E-state index is 10.4. The van der Waals surface area contributed by atoms with Crippen LogP contribution in [0.1, 0.15) is 16.4 Å². The molecule has 1 aromatic carbocycles. The molecular weight excluding hydrogens is 404 g/mol. The fourth-order valence-electron chi connectivity index (χ4n) is 3.18. The lowest BCUT2D eigenvalue weighted by molar-refractivity contribution is -0.0701. The summed E-state index contributed by atoms with van der Waals surface area (Å²) in [7, 11) is 1.54. The molecule has 1 fully saturated rings. The number of hydrogen-bond acceptors (Lipinski definition) is 7. The second-order valence-corrected chi connectivity index (χ2v) is 8.40. The molecule has 5 atom stereocenters. The van der Waals surface area contributed by atoms with Crippen molar-refractivity contribution in [2.45, 2.75) is 35.2 Å². The van der Waals surface area contributed by atoms with Crippen molar-refractivity contribution in [1.29, 1.82) is 0 Å². The maximum atomic E-state index is 10.4. The summed E-state index contributed by atoms with van der Waals surface area (Å²) in [5.74, 6) is 0.432. The standard InChI is InChI=1S/C20H21ClO6S/c1-27-12-4-2-10(3-5-12)6-11-7-13(15(23)8-14(11)21)20-19(26)18(25)17(24)16(9-22)28-20/h2,4,7-8,16-20,22-26H,6,9H2,1H3/t16-,17-,18+,19-,20+/m1/s1. The van der Waals surface area contributed by atoms with Crippen molar-refractivity contribution in [2.24, 2.45) is 0 Å². The quantitative estimate of drug-likeness (QED) is 0.456. The normalized spacial score (nSPS) is 29.4. The van der Waals surface area contributed by atoms with Crippen LogP contribution in [0.3, 0.4) is 0 Å². The minimum absolute atomic E-state index is 0.129. The molecule has 0 radical (unpaired) electrons. The van der Waals surface area contributed by atoms with Crippen LogP contribution in [-0.4, -0.2) is 62.8 Å². The Morgan fingerprint density at radius 3 is 2.46 bits per heavy atom. The van der Waals surface area contributed by atoms with E-state index in [0.717, 1.165) is 17.3 Å². The van der Waals surface area contributed by atoms with Crippen LogP contribution in [0.15, 0.2) is 47.1 Å². The van der Waals surface area contributed by atoms with Crippen molar-refractivity contribution in [3.63, 3.8) is 0 Å². The lowest BCUT2D eigenvalue weighted by Crippen LogP contribution is -2.51. The Kier molecular flexibility index (Phi) is 6.61. The largest absolute Gasteiger partial charge is 0.508 e. The van der Waals surface area contributed by atoms with Gasteiger partial charge in [-0.1, -0.05) is 17.3 Å². The highest BCUT2D eigenvalue weighted by molar-refractivity contribution is 8.00. The molecule has 0 amide bonds. The molecule has 1 saturated heterocycles. The molecule has 5 N–H and O–H groups in total. The molecule has 28 heavy (non-hydrogen) atoms. The Bertz CT molecular complexity index is 883. The first-order valence-corrected chi connectivity index (χ1v) is 9.96. The van der Waals surface area contributed by atoms with E-state index in [1.165, 1.54) is 6.07 Å². The van der Waals surface area contributed by atoms with Gasteiger partial charge in [0, 0.05) is 22.6 Å². The first-order valence-electron chi connectivity index (χ1n) is 8.64. The first-order chi connectivity index (χ1) is 13.3. The highest BCUT2D eigenvalue weighted by Gasteiger charge is 2.44. The predicted molar refractivity (Wildman–Crippen MR) is 106 cm³/mol. The molecule has 150 valence electrons. The predicted octanol–water partition coefficient (Wildman–Crippen LogP) is 1.60. The van der Waals surface area contributed by atoms with E-state index in [1.807, 2.05) is 6.08 Å². The fraction of sp³-hybridized carbons (Fsp3) is 0.400. The van der Waals surface area contributed by atoms with Crippen molar-refractivity contribution in [2.75, 3.05) is 13.7 Å². The van der Waals surface area contributed by atoms with E-state index >= 15 is 0 Å². The van der Waals surface area contributed by atoms with Crippen LogP contribution in [-0.2, 0) is 11.2 Å². The zero-order valence-electron chi connectivity index (χ0n) is 15.0. The highest BCUT2D eigenvalue weighted by Crippen LogP contribution is 2.46. The number of aliphatic hydroxyl groups excluding tert-OH is 4. The zero-order valence-corrected chi connectivity index (χ0v) is 16.6. The number of allylic oxidation sites excluding steroid dienone is 3. The van der Waals surface area contributed by atoms with E-state index in [1.54, 1.807) is 19.3 Å². The minimum atomic E-state index is -1.44. The lowest BCUT2D eigenvalue weighted by Gasteiger charge is -2.39. The molecular formula is C20H21ClO6S. The number of phenols is 1. The van der Waals surface area contributed by atoms with Gasteiger partial charge < -0.3 is 30.3 Å². The molecule has 0 saturated carbocycles. The van der Waals surface area contributed by atoms with Crippen LogP contribution >= 0.6 is 23.4 Å². The molecule has 0 bridgehead atoms. The second-order valence-electron chi connectivity index (χ2n) is 6.61. The molecule has 0 spiro atoms. The number of halogens is 1. The van der Waals surface area contributed by atoms with Crippen LogP contribution in [0, 0.1) is 0 Å². The average molecular weight is 425 g/mol. The Labute approximate surface area is 171 Å². The van der Waals surface area contributed by atoms with Gasteiger partial charge in [0.05, 0.1) is 36.4 Å². The monoisotopic (exact) mass is 424 g/mol. The van der Waals surface area contributed by atoms with Gasteiger partial charge in [0.1, 0.15) is 11.9 Å². The summed E-state index contributed by atoms with van der Waals surface area (Å²) in [5.41, 5.74) is 7.73. The molecule has 1 aromatic rings. The van der Waals surface area contributed by atoms with Gasteiger partial charge in [0.25, 0.3) is 0 Å². The third-order valence-corrected chi connectivity index (χ3v) is 6.73. The zero-order chi connectivity index (χ0) is 20.4. The fourth-order valence-corrected chi connectivity index (χ4v) is 4.84. The topological polar surface area (TPSA) is 110 Å². The number of methoxy groups -OCH3 is 1. The first kappa shape index (κ1) is 21.1. The van der Waals surface area contributed by atoms with Crippen LogP contribution in [0.5, 0.6) is 5.75 Å². The third kappa shape index (κ3) is 4.18. The maximum Gasteiger partial charge on any atom is 0.169 e. The Morgan fingerprint density at radius 2 is 1.86 bits per heavy atom. The number of rotatable bonds is 5. The van der Waals surface area contributed by atoms with E-state index in [-0.39, 0.29) is 12.4 Å². The van der Waals surface area contributed by atoms with Gasteiger partial charge in [0.2, 0.25) is 0 Å². The summed E-state index contributed by atoms with van der Waals surface area (Å²) >= 11 is 7.39. The molecule has 1 aliphatic carbocycles. The summed E-state index contributed by atoms with van der Waals surface area (Å²) in [6, 6.07) is 3.05. The Balaban J connectivity index is 1.95. The van der Waals surface area contributed by atoms with Gasteiger partial charge in [0.15, 0.2) is 5.76 Å². The van der Waals surface area contributed by atoms with Gasteiger partial charge in [-0.15, -0.1) is 11.8 Å². The van der Waals surface area contributed by atoms with Crippen molar-refractivity contribution >= 4 is 23.4 Å². The number of hydrogen-bond donors (Lipinski definition) is 5. The van der Waals surface area contributed by atoms with Crippen molar-refractivity contribution in [3.05, 3.63) is 63.2 Å². The third-order valence-electron chi connectivity index (χ3n) is 4.78. The number of thioether (sulfide) groups is 1. The summed E-state index contributed by atoms with van der Waals surface area (Å²) in [5, 5.41) is 49.3. The highest BCUT2D eigenvalue weighted by atomic mass is 35.5. The number of benzene rings is 1. The lowest BCUT2D eigenvalue weighted by atomic mass is 9.94. The number of phenolic OH excluding ortho intramolecular Hbond substituents is 1. The van der Waals surface area contributed by atoms with Gasteiger partial charge in [-0.2, -0.15) is 0 Å². The van der Waals surface area contributed by atoms with Crippen molar-refractivity contribution < 1.29 is 30.3 Å². The summed E-state index contributed by atoms with van der Waals surface area (Å²) < 4.78 is 5.07. The number of ether oxygens (including phenoxy) is 1. The molecule has 2 aliphatic rings. The Morgan fingerprint density at radius 1 is 1.11 bits per heavy atom. The molecule has 1 heterocycles. The van der Waals surface area contributed by atoms with Crippen LogP contribution < -0.4 is 0 Å². The number of aliphatic hydroxyl groups is 4. The molecule has 8 heteroatoms. The number of aromatic hydroxyl groups is 1. The van der Waals surface area contributed by atoms with E-state index in [9.17, 15) is 25.5 Å².